The van der Waals surface area contributed by atoms with Crippen LogP contribution in [0.1, 0.15) is 26.7 Å². The highest BCUT2D eigenvalue weighted by Crippen LogP contribution is 2.30. The minimum absolute atomic E-state index is 0.0119. The number of nitrogens with zero attached hydrogens (tertiary/aromatic N) is 2. The topological polar surface area (TPSA) is 44.8 Å². The maximum atomic E-state index is 12.3. The molecule has 5 heteroatoms. The second-order valence-corrected chi connectivity index (χ2v) is 6.28. The zero-order valence-corrected chi connectivity index (χ0v) is 11.3. The van der Waals surface area contributed by atoms with Crippen molar-refractivity contribution in [3.63, 3.8) is 0 Å². The average molecular weight is 253 g/mol. The third kappa shape index (κ3) is 2.21. The molecule has 102 valence electrons. The lowest BCUT2D eigenvalue weighted by Gasteiger charge is -2.28. The average Bonchev–Trinajstić information content (AvgIpc) is 2.82. The number of carbonyl (C=O) groups excluding carboxylic acids is 1. The molecule has 3 aliphatic heterocycles. The predicted octanol–water partition coefficient (Wildman–Crippen LogP) is 0.653. The molecule has 0 aromatic heterocycles. The molecule has 1 N–H and O–H groups in total. The molecule has 5 nitrogen and oxygen atoms in total. The Balaban J connectivity index is 1.59. The van der Waals surface area contributed by atoms with Crippen molar-refractivity contribution in [2.45, 2.75) is 44.4 Å². The summed E-state index contributed by atoms with van der Waals surface area (Å²) in [5.41, 5.74) is -0.0119. The van der Waals surface area contributed by atoms with Crippen LogP contribution in [0.4, 0.5) is 4.79 Å². The number of fused-ring (bicyclic) bond motifs is 1. The molecule has 0 bridgehead atoms. The molecule has 2 amide bonds. The van der Waals surface area contributed by atoms with E-state index >= 15 is 0 Å². The van der Waals surface area contributed by atoms with E-state index in [1.807, 2.05) is 9.80 Å². The molecule has 0 aliphatic carbocycles. The molecule has 3 fully saturated rings. The van der Waals surface area contributed by atoms with E-state index in [0.29, 0.717) is 6.04 Å². The van der Waals surface area contributed by atoms with Gasteiger partial charge in [-0.1, -0.05) is 0 Å². The van der Waals surface area contributed by atoms with Crippen LogP contribution in [0.15, 0.2) is 0 Å². The standard InChI is InChI=1S/C13H23N3O2/c1-13(2)4-3-11(18-13)9-15-8-10-7-14-5-6-16(10)12(15)17/h10-11,14H,3-9H2,1-2H3. The maximum Gasteiger partial charge on any atom is 0.320 e. The fourth-order valence-electron chi connectivity index (χ4n) is 3.29. The van der Waals surface area contributed by atoms with Crippen molar-refractivity contribution in [3.05, 3.63) is 0 Å². The Morgan fingerprint density at radius 2 is 2.33 bits per heavy atom. The van der Waals surface area contributed by atoms with Gasteiger partial charge in [0.1, 0.15) is 0 Å². The Morgan fingerprint density at radius 3 is 3.00 bits per heavy atom. The zero-order valence-electron chi connectivity index (χ0n) is 11.3. The van der Waals surface area contributed by atoms with E-state index in [1.54, 1.807) is 0 Å². The summed E-state index contributed by atoms with van der Waals surface area (Å²) < 4.78 is 5.98. The van der Waals surface area contributed by atoms with Crippen LogP contribution < -0.4 is 5.32 Å². The van der Waals surface area contributed by atoms with E-state index in [-0.39, 0.29) is 17.7 Å². The van der Waals surface area contributed by atoms with Crippen LogP contribution in [0.2, 0.25) is 0 Å². The zero-order chi connectivity index (χ0) is 12.8. The molecule has 0 spiro atoms. The van der Waals surface area contributed by atoms with Crippen molar-refractivity contribution in [3.8, 4) is 0 Å². The fourth-order valence-corrected chi connectivity index (χ4v) is 3.29. The molecule has 0 saturated carbocycles. The van der Waals surface area contributed by atoms with Gasteiger partial charge in [-0.25, -0.2) is 4.79 Å². The van der Waals surface area contributed by atoms with Gasteiger partial charge in [0.25, 0.3) is 0 Å². The number of urea groups is 1. The summed E-state index contributed by atoms with van der Waals surface area (Å²) in [5.74, 6) is 0. The lowest BCUT2D eigenvalue weighted by atomic mass is 10.1. The second-order valence-electron chi connectivity index (χ2n) is 6.28. The highest BCUT2D eigenvalue weighted by Gasteiger charge is 2.41. The molecule has 3 saturated heterocycles. The number of nitrogens with one attached hydrogen (secondary N) is 1. The quantitative estimate of drug-likeness (QED) is 0.786. The van der Waals surface area contributed by atoms with Crippen LogP contribution in [0.25, 0.3) is 0 Å². The van der Waals surface area contributed by atoms with Gasteiger partial charge in [-0.15, -0.1) is 0 Å². The van der Waals surface area contributed by atoms with Crippen LogP contribution in [-0.4, -0.2) is 66.3 Å². The number of hydrogen-bond donors (Lipinski definition) is 1. The molecule has 2 atom stereocenters. The van der Waals surface area contributed by atoms with Crippen molar-refractivity contribution in [2.24, 2.45) is 0 Å². The summed E-state index contributed by atoms with van der Waals surface area (Å²) in [6, 6.07) is 0.565. The van der Waals surface area contributed by atoms with Crippen LogP contribution in [0.5, 0.6) is 0 Å². The predicted molar refractivity (Wildman–Crippen MR) is 68.5 cm³/mol. The highest BCUT2D eigenvalue weighted by atomic mass is 16.5. The first kappa shape index (κ1) is 12.2. The maximum absolute atomic E-state index is 12.3. The summed E-state index contributed by atoms with van der Waals surface area (Å²) in [4.78, 5) is 16.2. The molecule has 0 aromatic rings. The van der Waals surface area contributed by atoms with E-state index in [2.05, 4.69) is 19.2 Å². The van der Waals surface area contributed by atoms with Crippen LogP contribution >= 0.6 is 0 Å². The first-order valence-electron chi connectivity index (χ1n) is 6.99. The summed E-state index contributed by atoms with van der Waals surface area (Å²) >= 11 is 0. The summed E-state index contributed by atoms with van der Waals surface area (Å²) in [6.45, 7) is 8.57. The van der Waals surface area contributed by atoms with E-state index in [0.717, 1.165) is 45.6 Å². The van der Waals surface area contributed by atoms with Crippen LogP contribution in [0, 0.1) is 0 Å². The summed E-state index contributed by atoms with van der Waals surface area (Å²) in [6.07, 6.45) is 2.38. The molecule has 18 heavy (non-hydrogen) atoms. The van der Waals surface area contributed by atoms with Gasteiger partial charge in [0.2, 0.25) is 0 Å². The first-order chi connectivity index (χ1) is 8.55. The van der Waals surface area contributed by atoms with Gasteiger partial charge in [-0.05, 0) is 26.7 Å². The summed E-state index contributed by atoms with van der Waals surface area (Å²) in [7, 11) is 0. The van der Waals surface area contributed by atoms with Crippen molar-refractivity contribution in [1.82, 2.24) is 15.1 Å². The molecular weight excluding hydrogens is 230 g/mol. The van der Waals surface area contributed by atoms with Gasteiger partial charge >= 0.3 is 6.03 Å². The first-order valence-corrected chi connectivity index (χ1v) is 6.99. The minimum Gasteiger partial charge on any atom is -0.371 e. The van der Waals surface area contributed by atoms with Gasteiger partial charge in [-0.2, -0.15) is 0 Å². The van der Waals surface area contributed by atoms with Crippen LogP contribution in [0.3, 0.4) is 0 Å². The molecule has 2 unspecified atom stereocenters. The van der Waals surface area contributed by atoms with Crippen molar-refractivity contribution in [1.29, 1.82) is 0 Å². The smallest absolute Gasteiger partial charge is 0.320 e. The summed E-state index contributed by atoms with van der Waals surface area (Å²) in [5, 5.41) is 3.35. The number of amides is 2. The lowest BCUT2D eigenvalue weighted by molar-refractivity contribution is -0.0231. The molecule has 3 heterocycles. The number of hydrogen-bond acceptors (Lipinski definition) is 3. The normalized spacial score (nSPS) is 35.1. The fraction of sp³-hybridized carbons (Fsp3) is 0.923. The molecule has 0 radical (unpaired) electrons. The number of ether oxygens (including phenoxy) is 1. The van der Waals surface area contributed by atoms with Gasteiger partial charge < -0.3 is 19.9 Å². The lowest BCUT2D eigenvalue weighted by Crippen LogP contribution is -2.49. The van der Waals surface area contributed by atoms with E-state index in [4.69, 9.17) is 4.74 Å². The van der Waals surface area contributed by atoms with E-state index in [9.17, 15) is 4.79 Å². The Kier molecular flexibility index (Phi) is 2.98. The largest absolute Gasteiger partial charge is 0.371 e. The highest BCUT2D eigenvalue weighted by molar-refractivity contribution is 5.77. The van der Waals surface area contributed by atoms with Crippen molar-refractivity contribution < 1.29 is 9.53 Å². The Morgan fingerprint density at radius 1 is 1.50 bits per heavy atom. The molecule has 3 rings (SSSR count). The van der Waals surface area contributed by atoms with E-state index < -0.39 is 0 Å². The van der Waals surface area contributed by atoms with Gasteiger partial charge in [0.15, 0.2) is 0 Å². The molecular formula is C13H23N3O2. The number of piperazine rings is 1. The number of carbonyl (C=O) groups is 1. The Hall–Kier alpha value is -0.810. The van der Waals surface area contributed by atoms with E-state index in [1.165, 1.54) is 0 Å². The van der Waals surface area contributed by atoms with Gasteiger partial charge in [0, 0.05) is 32.7 Å². The van der Waals surface area contributed by atoms with Crippen LogP contribution in [-0.2, 0) is 4.74 Å². The minimum atomic E-state index is -0.0119. The van der Waals surface area contributed by atoms with Gasteiger partial charge in [0.05, 0.1) is 17.7 Å². The van der Waals surface area contributed by atoms with Crippen molar-refractivity contribution in [2.75, 3.05) is 32.7 Å². The third-order valence-electron chi connectivity index (χ3n) is 4.28. The Bertz CT molecular complexity index is 345. The third-order valence-corrected chi connectivity index (χ3v) is 4.28. The second kappa shape index (κ2) is 4.38. The van der Waals surface area contributed by atoms with Crippen molar-refractivity contribution >= 4 is 6.03 Å². The van der Waals surface area contributed by atoms with Gasteiger partial charge in [-0.3, -0.25) is 0 Å². The monoisotopic (exact) mass is 253 g/mol. The molecule has 0 aromatic carbocycles. The molecule has 3 aliphatic rings. The SMILES string of the molecule is CC1(C)CCC(CN2CC3CNCCN3C2=O)O1. The number of rotatable bonds is 2. The Labute approximate surface area is 108 Å².